The molecule has 1 aromatic carbocycles. The van der Waals surface area contributed by atoms with Gasteiger partial charge in [0.1, 0.15) is 5.82 Å². The third-order valence-electron chi connectivity index (χ3n) is 5.17. The highest BCUT2D eigenvalue weighted by Gasteiger charge is 2.33. The van der Waals surface area contributed by atoms with Gasteiger partial charge < -0.3 is 15.2 Å². The minimum atomic E-state index is 0.0732. The fourth-order valence-electron chi connectivity index (χ4n) is 3.92. The van der Waals surface area contributed by atoms with E-state index in [4.69, 9.17) is 4.98 Å². The molecule has 2 aliphatic rings. The molecule has 2 heterocycles. The van der Waals surface area contributed by atoms with Gasteiger partial charge in [-0.15, -0.1) is 0 Å². The van der Waals surface area contributed by atoms with Crippen LogP contribution in [0.2, 0.25) is 0 Å². The number of nitrogens with zero attached hydrogens (tertiary/aromatic N) is 2. The Morgan fingerprint density at radius 3 is 2.91 bits per heavy atom. The van der Waals surface area contributed by atoms with E-state index in [9.17, 15) is 4.79 Å². The lowest BCUT2D eigenvalue weighted by molar-refractivity contribution is 0.187. The van der Waals surface area contributed by atoms with Crippen molar-refractivity contribution < 1.29 is 4.79 Å². The number of carbonyl (C=O) groups is 1. The highest BCUT2D eigenvalue weighted by molar-refractivity contribution is 5.77. The van der Waals surface area contributed by atoms with Crippen LogP contribution in [0.3, 0.4) is 0 Å². The van der Waals surface area contributed by atoms with Gasteiger partial charge in [-0.05, 0) is 50.3 Å². The molecule has 2 aromatic rings. The van der Waals surface area contributed by atoms with Crippen LogP contribution in [-0.4, -0.2) is 33.5 Å². The number of H-pyrrole nitrogens is 1. The maximum atomic E-state index is 12.6. The quantitative estimate of drug-likeness (QED) is 0.889. The van der Waals surface area contributed by atoms with Crippen molar-refractivity contribution in [2.45, 2.75) is 57.5 Å². The summed E-state index contributed by atoms with van der Waals surface area (Å²) < 4.78 is 0. The fourth-order valence-corrected chi connectivity index (χ4v) is 3.92. The van der Waals surface area contributed by atoms with E-state index < -0.39 is 0 Å². The molecule has 2 amide bonds. The predicted octanol–water partition coefficient (Wildman–Crippen LogP) is 3.66. The highest BCUT2D eigenvalue weighted by atomic mass is 16.2. The molecular weight excluding hydrogens is 288 g/mol. The zero-order valence-corrected chi connectivity index (χ0v) is 13.6. The summed E-state index contributed by atoms with van der Waals surface area (Å²) >= 11 is 0. The van der Waals surface area contributed by atoms with Crippen LogP contribution in [0, 0.1) is 6.92 Å². The van der Waals surface area contributed by atoms with E-state index in [0.717, 1.165) is 49.1 Å². The third-order valence-corrected chi connectivity index (χ3v) is 5.17. The van der Waals surface area contributed by atoms with Crippen molar-refractivity contribution in [1.29, 1.82) is 0 Å². The Balaban J connectivity index is 1.54. The van der Waals surface area contributed by atoms with Crippen molar-refractivity contribution in [3.8, 4) is 0 Å². The van der Waals surface area contributed by atoms with Gasteiger partial charge in [-0.1, -0.05) is 18.9 Å². The summed E-state index contributed by atoms with van der Waals surface area (Å²) in [6.45, 7) is 2.90. The molecule has 4 rings (SSSR count). The Morgan fingerprint density at radius 1 is 1.26 bits per heavy atom. The summed E-state index contributed by atoms with van der Waals surface area (Å²) in [5.41, 5.74) is 3.26. The molecule has 0 radical (unpaired) electrons. The molecule has 5 nitrogen and oxygen atoms in total. The Kier molecular flexibility index (Phi) is 3.71. The molecule has 1 aliphatic heterocycles. The zero-order valence-electron chi connectivity index (χ0n) is 13.6. The molecule has 0 spiro atoms. The Bertz CT molecular complexity index is 717. The Morgan fingerprint density at radius 2 is 2.09 bits per heavy atom. The summed E-state index contributed by atoms with van der Waals surface area (Å²) in [6, 6.07) is 6.75. The van der Waals surface area contributed by atoms with E-state index in [1.807, 2.05) is 11.0 Å². The van der Waals surface area contributed by atoms with Crippen LogP contribution in [0.5, 0.6) is 0 Å². The molecule has 1 saturated carbocycles. The minimum Gasteiger partial charge on any atom is -0.340 e. The second kappa shape index (κ2) is 5.87. The van der Waals surface area contributed by atoms with E-state index in [0.29, 0.717) is 6.04 Å². The number of aryl methyl sites for hydroxylation is 1. The molecule has 5 heteroatoms. The van der Waals surface area contributed by atoms with Gasteiger partial charge in [0.2, 0.25) is 0 Å². The van der Waals surface area contributed by atoms with Gasteiger partial charge in [-0.2, -0.15) is 0 Å². The number of aromatic amines is 1. The van der Waals surface area contributed by atoms with E-state index in [1.54, 1.807) is 0 Å². The number of hydrogen-bond acceptors (Lipinski definition) is 2. The van der Waals surface area contributed by atoms with Gasteiger partial charge in [0.25, 0.3) is 0 Å². The van der Waals surface area contributed by atoms with Gasteiger partial charge in [-0.25, -0.2) is 9.78 Å². The number of likely N-dealkylation sites (tertiary alicyclic amines) is 1. The minimum absolute atomic E-state index is 0.0732. The molecule has 23 heavy (non-hydrogen) atoms. The molecule has 1 aromatic heterocycles. The predicted molar refractivity (Wildman–Crippen MR) is 90.3 cm³/mol. The smallest absolute Gasteiger partial charge is 0.318 e. The fraction of sp³-hybridized carbons (Fsp3) is 0.556. The van der Waals surface area contributed by atoms with Gasteiger partial charge in [0.15, 0.2) is 0 Å². The summed E-state index contributed by atoms with van der Waals surface area (Å²) in [5.74, 6) is 0.921. The van der Waals surface area contributed by atoms with Crippen LogP contribution in [0.15, 0.2) is 18.2 Å². The third kappa shape index (κ3) is 2.80. The number of benzene rings is 1. The topological polar surface area (TPSA) is 61.0 Å². The number of amides is 2. The van der Waals surface area contributed by atoms with Crippen molar-refractivity contribution >= 4 is 17.1 Å². The van der Waals surface area contributed by atoms with Crippen molar-refractivity contribution in [2.75, 3.05) is 6.54 Å². The first-order valence-electron chi connectivity index (χ1n) is 8.74. The number of hydrogen-bond donors (Lipinski definition) is 2. The van der Waals surface area contributed by atoms with Crippen LogP contribution in [0.1, 0.15) is 56.0 Å². The standard InChI is InChI=1S/C18H24N4O/c1-12-8-9-14-15(11-12)21-17(20-14)16-7-4-10-22(16)18(23)19-13-5-2-3-6-13/h8-9,11,13,16H,2-7,10H2,1H3,(H,19,23)(H,20,21)/t16-/m0/s1. The molecular formula is C18H24N4O. The molecule has 2 fully saturated rings. The van der Waals surface area contributed by atoms with Crippen molar-refractivity contribution in [1.82, 2.24) is 20.2 Å². The summed E-state index contributed by atoms with van der Waals surface area (Å²) in [6.07, 6.45) is 6.73. The SMILES string of the molecule is Cc1ccc2nc([C@@H]3CCCN3C(=O)NC3CCCC3)[nH]c2c1. The number of carbonyl (C=O) groups excluding carboxylic acids is 1. The number of aromatic nitrogens is 2. The molecule has 1 saturated heterocycles. The average molecular weight is 312 g/mol. The van der Waals surface area contributed by atoms with Gasteiger partial charge in [0.05, 0.1) is 17.1 Å². The number of rotatable bonds is 2. The molecule has 122 valence electrons. The van der Waals surface area contributed by atoms with E-state index in [1.165, 1.54) is 18.4 Å². The maximum Gasteiger partial charge on any atom is 0.318 e. The van der Waals surface area contributed by atoms with Crippen molar-refractivity contribution in [3.05, 3.63) is 29.6 Å². The average Bonchev–Trinajstić information content (AvgIpc) is 3.26. The van der Waals surface area contributed by atoms with Crippen LogP contribution in [-0.2, 0) is 0 Å². The first-order valence-corrected chi connectivity index (χ1v) is 8.74. The highest BCUT2D eigenvalue weighted by Crippen LogP contribution is 2.32. The number of urea groups is 1. The first kappa shape index (κ1) is 14.5. The number of fused-ring (bicyclic) bond motifs is 1. The largest absolute Gasteiger partial charge is 0.340 e. The van der Waals surface area contributed by atoms with Gasteiger partial charge in [-0.3, -0.25) is 0 Å². The summed E-state index contributed by atoms with van der Waals surface area (Å²) in [5, 5.41) is 3.21. The van der Waals surface area contributed by atoms with E-state index in [-0.39, 0.29) is 12.1 Å². The lowest BCUT2D eigenvalue weighted by Crippen LogP contribution is -2.43. The van der Waals surface area contributed by atoms with Crippen LogP contribution >= 0.6 is 0 Å². The van der Waals surface area contributed by atoms with Gasteiger partial charge >= 0.3 is 6.03 Å². The molecule has 1 aliphatic carbocycles. The second-order valence-electron chi connectivity index (χ2n) is 6.92. The molecule has 0 unspecified atom stereocenters. The Labute approximate surface area is 136 Å². The van der Waals surface area contributed by atoms with Crippen LogP contribution in [0.4, 0.5) is 4.79 Å². The number of imidazole rings is 1. The van der Waals surface area contributed by atoms with Gasteiger partial charge in [0, 0.05) is 12.6 Å². The monoisotopic (exact) mass is 312 g/mol. The van der Waals surface area contributed by atoms with Crippen LogP contribution < -0.4 is 5.32 Å². The molecule has 0 bridgehead atoms. The van der Waals surface area contributed by atoms with E-state index in [2.05, 4.69) is 29.4 Å². The summed E-state index contributed by atoms with van der Waals surface area (Å²) in [4.78, 5) is 22.7. The maximum absolute atomic E-state index is 12.6. The van der Waals surface area contributed by atoms with Crippen molar-refractivity contribution in [2.24, 2.45) is 0 Å². The van der Waals surface area contributed by atoms with Crippen LogP contribution in [0.25, 0.3) is 11.0 Å². The second-order valence-corrected chi connectivity index (χ2v) is 6.92. The Hall–Kier alpha value is -2.04. The first-order chi connectivity index (χ1) is 11.2. The normalized spacial score (nSPS) is 22.1. The van der Waals surface area contributed by atoms with Crippen molar-refractivity contribution in [3.63, 3.8) is 0 Å². The zero-order chi connectivity index (χ0) is 15.8. The lowest BCUT2D eigenvalue weighted by atomic mass is 10.2. The molecule has 2 N–H and O–H groups in total. The summed E-state index contributed by atoms with van der Waals surface area (Å²) in [7, 11) is 0. The number of nitrogens with one attached hydrogen (secondary N) is 2. The van der Waals surface area contributed by atoms with E-state index >= 15 is 0 Å². The lowest BCUT2D eigenvalue weighted by Gasteiger charge is -2.25. The molecule has 1 atom stereocenters.